The van der Waals surface area contributed by atoms with Gasteiger partial charge in [-0.2, -0.15) is 5.10 Å². The van der Waals surface area contributed by atoms with Gasteiger partial charge < -0.3 is 10.5 Å². The summed E-state index contributed by atoms with van der Waals surface area (Å²) in [7, 11) is 0. The largest absolute Gasteiger partial charge is 0.491 e. The van der Waals surface area contributed by atoms with Crippen LogP contribution in [0.2, 0.25) is 0 Å². The Morgan fingerprint density at radius 1 is 1.21 bits per heavy atom. The summed E-state index contributed by atoms with van der Waals surface area (Å²) >= 11 is 10.4. The van der Waals surface area contributed by atoms with E-state index in [1.165, 1.54) is 0 Å². The van der Waals surface area contributed by atoms with Crippen molar-refractivity contribution < 1.29 is 4.74 Å². The quantitative estimate of drug-likeness (QED) is 0.689. The highest BCUT2D eigenvalue weighted by Crippen LogP contribution is 2.36. The van der Waals surface area contributed by atoms with E-state index in [0.717, 1.165) is 32.1 Å². The topological polar surface area (TPSA) is 53.1 Å². The average Bonchev–Trinajstić information content (AvgIpc) is 2.73. The first-order valence-electron chi connectivity index (χ1n) is 5.62. The molecular weight excluding hydrogens is 442 g/mol. The highest BCUT2D eigenvalue weighted by molar-refractivity contribution is 9.11. The second-order valence-corrected chi connectivity index (χ2v) is 6.53. The number of nitrogens with zero attached hydrogens (tertiary/aromatic N) is 2. The maximum atomic E-state index is 5.76. The standard InChI is InChI=1S/C12H12Br3N3O/c13-8-6-9(14)12(10(15)7-8)19-5-1-3-18-4-2-11(16)17-18/h2,4,6-7H,1,3,5H2,(H2,16,17). The molecule has 1 heterocycles. The summed E-state index contributed by atoms with van der Waals surface area (Å²) in [5.41, 5.74) is 5.55. The molecule has 0 unspecified atom stereocenters. The molecule has 0 saturated carbocycles. The Bertz CT molecular complexity index is 548. The third-order valence-electron chi connectivity index (χ3n) is 2.40. The van der Waals surface area contributed by atoms with E-state index in [2.05, 4.69) is 52.9 Å². The smallest absolute Gasteiger partial charge is 0.147 e. The summed E-state index contributed by atoms with van der Waals surface area (Å²) in [5.74, 6) is 1.35. The number of anilines is 1. The van der Waals surface area contributed by atoms with Gasteiger partial charge in [0.25, 0.3) is 0 Å². The maximum absolute atomic E-state index is 5.76. The number of hydrogen-bond acceptors (Lipinski definition) is 3. The number of nitrogen functional groups attached to an aromatic ring is 1. The van der Waals surface area contributed by atoms with Gasteiger partial charge in [-0.25, -0.2) is 0 Å². The van der Waals surface area contributed by atoms with Crippen LogP contribution in [0.25, 0.3) is 0 Å². The lowest BCUT2D eigenvalue weighted by Crippen LogP contribution is -2.06. The van der Waals surface area contributed by atoms with Crippen LogP contribution in [0, 0.1) is 0 Å². The lowest BCUT2D eigenvalue weighted by atomic mass is 10.3. The molecule has 102 valence electrons. The van der Waals surface area contributed by atoms with Gasteiger partial charge in [0.2, 0.25) is 0 Å². The van der Waals surface area contributed by atoms with Crippen LogP contribution in [0.3, 0.4) is 0 Å². The number of nitrogens with two attached hydrogens (primary N) is 1. The Labute approximate surface area is 136 Å². The van der Waals surface area contributed by atoms with E-state index >= 15 is 0 Å². The minimum absolute atomic E-state index is 0.541. The van der Waals surface area contributed by atoms with E-state index < -0.39 is 0 Å². The van der Waals surface area contributed by atoms with Gasteiger partial charge in [0.05, 0.1) is 15.6 Å². The fourth-order valence-corrected chi connectivity index (χ4v) is 4.06. The molecule has 4 nitrogen and oxygen atoms in total. The van der Waals surface area contributed by atoms with Crippen molar-refractivity contribution in [3.63, 3.8) is 0 Å². The Hall–Kier alpha value is -0.530. The number of aromatic nitrogens is 2. The zero-order valence-electron chi connectivity index (χ0n) is 9.94. The highest BCUT2D eigenvalue weighted by atomic mass is 79.9. The summed E-state index contributed by atoms with van der Waals surface area (Å²) < 4.78 is 10.4. The van der Waals surface area contributed by atoms with Gasteiger partial charge in [-0.05, 0) is 50.1 Å². The number of benzene rings is 1. The van der Waals surface area contributed by atoms with E-state index in [1.807, 2.05) is 23.0 Å². The molecule has 0 bridgehead atoms. The van der Waals surface area contributed by atoms with E-state index in [0.29, 0.717) is 12.4 Å². The molecule has 2 aromatic rings. The third kappa shape index (κ3) is 4.22. The van der Waals surface area contributed by atoms with Crippen LogP contribution in [0.1, 0.15) is 6.42 Å². The van der Waals surface area contributed by atoms with Crippen LogP contribution in [-0.2, 0) is 6.54 Å². The van der Waals surface area contributed by atoms with Crippen LogP contribution in [0.5, 0.6) is 5.75 Å². The molecule has 0 radical (unpaired) electrons. The van der Waals surface area contributed by atoms with Crippen molar-refractivity contribution in [2.45, 2.75) is 13.0 Å². The van der Waals surface area contributed by atoms with Crippen molar-refractivity contribution in [2.24, 2.45) is 0 Å². The fraction of sp³-hybridized carbons (Fsp3) is 0.250. The SMILES string of the molecule is Nc1ccn(CCCOc2c(Br)cc(Br)cc2Br)n1. The fourth-order valence-electron chi connectivity index (χ4n) is 1.57. The molecule has 7 heteroatoms. The Kier molecular flexibility index (Phi) is 5.29. The first kappa shape index (κ1) is 14.9. The van der Waals surface area contributed by atoms with E-state index in [-0.39, 0.29) is 0 Å². The van der Waals surface area contributed by atoms with E-state index in [1.54, 1.807) is 6.07 Å². The molecule has 2 N–H and O–H groups in total. The zero-order valence-corrected chi connectivity index (χ0v) is 14.7. The van der Waals surface area contributed by atoms with Gasteiger partial charge in [0.1, 0.15) is 11.6 Å². The van der Waals surface area contributed by atoms with E-state index in [9.17, 15) is 0 Å². The molecule has 0 aliphatic heterocycles. The predicted octanol–water partition coefficient (Wildman–Crippen LogP) is 4.22. The van der Waals surface area contributed by atoms with Crippen LogP contribution >= 0.6 is 47.8 Å². The summed E-state index contributed by atoms with van der Waals surface area (Å²) in [6, 6.07) is 5.69. The predicted molar refractivity (Wildman–Crippen MR) is 86.3 cm³/mol. The minimum Gasteiger partial charge on any atom is -0.491 e. The van der Waals surface area contributed by atoms with Gasteiger partial charge in [-0.15, -0.1) is 0 Å². The third-order valence-corrected chi connectivity index (χ3v) is 4.04. The molecule has 0 atom stereocenters. The molecular formula is C12H12Br3N3O. The lowest BCUT2D eigenvalue weighted by molar-refractivity contribution is 0.295. The van der Waals surface area contributed by atoms with Crippen LogP contribution < -0.4 is 10.5 Å². The van der Waals surface area contributed by atoms with E-state index in [4.69, 9.17) is 10.5 Å². The van der Waals surface area contributed by atoms with Crippen molar-refractivity contribution in [2.75, 3.05) is 12.3 Å². The minimum atomic E-state index is 0.541. The lowest BCUT2D eigenvalue weighted by Gasteiger charge is -2.10. The number of rotatable bonds is 5. The Balaban J connectivity index is 1.86. The van der Waals surface area contributed by atoms with Gasteiger partial charge in [0, 0.05) is 23.6 Å². The van der Waals surface area contributed by atoms with Gasteiger partial charge in [-0.3, -0.25) is 4.68 Å². The number of ether oxygens (including phenoxy) is 1. The summed E-state index contributed by atoms with van der Waals surface area (Å²) in [6.45, 7) is 1.39. The molecule has 0 aliphatic carbocycles. The van der Waals surface area contributed by atoms with Crippen molar-refractivity contribution in [1.82, 2.24) is 9.78 Å². The Morgan fingerprint density at radius 3 is 2.47 bits per heavy atom. The average molecular weight is 454 g/mol. The van der Waals surface area contributed by atoms with Gasteiger partial charge in [0.15, 0.2) is 0 Å². The zero-order chi connectivity index (χ0) is 13.8. The van der Waals surface area contributed by atoms with Crippen LogP contribution in [0.4, 0.5) is 5.82 Å². The van der Waals surface area contributed by atoms with Crippen LogP contribution in [-0.4, -0.2) is 16.4 Å². The molecule has 1 aromatic heterocycles. The van der Waals surface area contributed by atoms with Crippen molar-refractivity contribution in [3.8, 4) is 5.75 Å². The first-order valence-corrected chi connectivity index (χ1v) is 8.00. The van der Waals surface area contributed by atoms with Gasteiger partial charge in [-0.1, -0.05) is 15.9 Å². The summed E-state index contributed by atoms with van der Waals surface area (Å²) in [6.07, 6.45) is 2.72. The number of hydrogen-bond donors (Lipinski definition) is 1. The molecule has 1 aromatic carbocycles. The molecule has 0 aliphatic rings. The highest BCUT2D eigenvalue weighted by Gasteiger charge is 2.08. The summed E-state index contributed by atoms with van der Waals surface area (Å²) in [5, 5.41) is 4.12. The summed E-state index contributed by atoms with van der Waals surface area (Å²) in [4.78, 5) is 0. The number of aryl methyl sites for hydroxylation is 1. The normalized spacial score (nSPS) is 10.7. The monoisotopic (exact) mass is 451 g/mol. The van der Waals surface area contributed by atoms with Crippen molar-refractivity contribution >= 4 is 53.6 Å². The van der Waals surface area contributed by atoms with Crippen molar-refractivity contribution in [1.29, 1.82) is 0 Å². The first-order chi connectivity index (χ1) is 9.06. The molecule has 0 spiro atoms. The molecule has 0 amide bonds. The molecule has 2 rings (SSSR count). The van der Waals surface area contributed by atoms with Crippen molar-refractivity contribution in [3.05, 3.63) is 37.8 Å². The second kappa shape index (κ2) is 6.76. The Morgan fingerprint density at radius 2 is 1.89 bits per heavy atom. The maximum Gasteiger partial charge on any atom is 0.147 e. The van der Waals surface area contributed by atoms with Gasteiger partial charge >= 0.3 is 0 Å². The molecule has 0 saturated heterocycles. The molecule has 19 heavy (non-hydrogen) atoms. The second-order valence-electron chi connectivity index (χ2n) is 3.90. The van der Waals surface area contributed by atoms with Crippen LogP contribution in [0.15, 0.2) is 37.8 Å². The molecule has 0 fully saturated rings. The number of halogens is 3.